The molecule has 0 bridgehead atoms. The first-order valence-electron chi connectivity index (χ1n) is 8.02. The van der Waals surface area contributed by atoms with Crippen LogP contribution in [0.3, 0.4) is 0 Å². The minimum absolute atomic E-state index is 0.125. The normalized spacial score (nSPS) is 10.9. The fourth-order valence-electron chi connectivity index (χ4n) is 2.83. The van der Waals surface area contributed by atoms with E-state index in [1.807, 2.05) is 55.6 Å². The first-order chi connectivity index (χ1) is 12.2. The summed E-state index contributed by atoms with van der Waals surface area (Å²) in [7, 11) is 0. The van der Waals surface area contributed by atoms with Crippen molar-refractivity contribution in [3.8, 4) is 11.3 Å². The third-order valence-electron chi connectivity index (χ3n) is 4.09. The van der Waals surface area contributed by atoms with E-state index >= 15 is 0 Å². The molecule has 3 aromatic heterocycles. The lowest BCUT2D eigenvalue weighted by Crippen LogP contribution is -2.22. The molecular formula is C19H17N5O. The molecule has 124 valence electrons. The molecule has 1 amide bonds. The van der Waals surface area contributed by atoms with E-state index in [-0.39, 0.29) is 5.91 Å². The molecule has 0 saturated carbocycles. The quantitative estimate of drug-likeness (QED) is 0.537. The summed E-state index contributed by atoms with van der Waals surface area (Å²) in [5.41, 5.74) is 5.31. The van der Waals surface area contributed by atoms with Crippen LogP contribution in [0.15, 0.2) is 54.9 Å². The number of pyridine rings is 1. The van der Waals surface area contributed by atoms with Crippen LogP contribution in [0.1, 0.15) is 21.7 Å². The molecule has 4 rings (SSSR count). The van der Waals surface area contributed by atoms with Crippen LogP contribution in [0.4, 0.5) is 0 Å². The van der Waals surface area contributed by atoms with E-state index in [1.165, 1.54) is 0 Å². The maximum absolute atomic E-state index is 12.3. The van der Waals surface area contributed by atoms with Gasteiger partial charge in [0.25, 0.3) is 5.91 Å². The summed E-state index contributed by atoms with van der Waals surface area (Å²) in [6, 6.07) is 13.3. The van der Waals surface area contributed by atoms with Crippen molar-refractivity contribution >= 4 is 16.8 Å². The number of amides is 1. The van der Waals surface area contributed by atoms with Crippen LogP contribution in [0, 0.1) is 6.92 Å². The lowest BCUT2D eigenvalue weighted by atomic mass is 10.1. The van der Waals surface area contributed by atoms with Crippen molar-refractivity contribution in [3.05, 3.63) is 71.8 Å². The van der Waals surface area contributed by atoms with Crippen molar-refractivity contribution in [2.24, 2.45) is 0 Å². The summed E-state index contributed by atoms with van der Waals surface area (Å²) in [4.78, 5) is 19.9. The van der Waals surface area contributed by atoms with Gasteiger partial charge in [0.05, 0.1) is 17.9 Å². The van der Waals surface area contributed by atoms with Gasteiger partial charge in [-0.1, -0.05) is 12.1 Å². The minimum atomic E-state index is -0.125. The molecule has 3 heterocycles. The van der Waals surface area contributed by atoms with E-state index in [2.05, 4.69) is 25.5 Å². The Morgan fingerprint density at radius 3 is 2.76 bits per heavy atom. The first-order valence-corrected chi connectivity index (χ1v) is 8.02. The average molecular weight is 331 g/mol. The minimum Gasteiger partial charge on any atom is -0.361 e. The fraction of sp³-hybridized carbons (Fsp3) is 0.105. The molecule has 0 aliphatic rings. The highest BCUT2D eigenvalue weighted by Crippen LogP contribution is 2.25. The predicted octanol–water partition coefficient (Wildman–Crippen LogP) is 3.19. The van der Waals surface area contributed by atoms with E-state index in [4.69, 9.17) is 0 Å². The Kier molecular flexibility index (Phi) is 3.78. The van der Waals surface area contributed by atoms with E-state index in [1.54, 1.807) is 6.20 Å². The zero-order chi connectivity index (χ0) is 17.2. The Bertz CT molecular complexity index is 1030. The van der Waals surface area contributed by atoms with Crippen molar-refractivity contribution < 1.29 is 4.79 Å². The molecule has 1 aromatic carbocycles. The number of aryl methyl sites for hydroxylation is 1. The smallest absolute Gasteiger partial charge is 0.251 e. The lowest BCUT2D eigenvalue weighted by Gasteiger charge is -2.06. The Hall–Kier alpha value is -3.41. The van der Waals surface area contributed by atoms with E-state index in [0.717, 1.165) is 33.5 Å². The first kappa shape index (κ1) is 15.1. The Morgan fingerprint density at radius 2 is 2.00 bits per heavy atom. The number of hydrogen-bond donors (Lipinski definition) is 3. The van der Waals surface area contributed by atoms with Gasteiger partial charge < -0.3 is 10.3 Å². The number of benzene rings is 1. The molecular weight excluding hydrogens is 314 g/mol. The van der Waals surface area contributed by atoms with Crippen LogP contribution in [-0.2, 0) is 6.54 Å². The maximum Gasteiger partial charge on any atom is 0.251 e. The summed E-state index contributed by atoms with van der Waals surface area (Å²) in [6.45, 7) is 2.32. The van der Waals surface area contributed by atoms with Gasteiger partial charge in [0.2, 0.25) is 0 Å². The third-order valence-corrected chi connectivity index (χ3v) is 4.09. The van der Waals surface area contributed by atoms with Crippen molar-refractivity contribution in [1.29, 1.82) is 0 Å². The molecule has 4 aromatic rings. The number of rotatable bonds is 4. The molecule has 0 fully saturated rings. The molecule has 3 N–H and O–H groups in total. The van der Waals surface area contributed by atoms with Gasteiger partial charge in [0.15, 0.2) is 0 Å². The van der Waals surface area contributed by atoms with Crippen molar-refractivity contribution in [3.63, 3.8) is 0 Å². The Balaban J connectivity index is 1.51. The monoisotopic (exact) mass is 331 g/mol. The second kappa shape index (κ2) is 6.24. The van der Waals surface area contributed by atoms with E-state index < -0.39 is 0 Å². The molecule has 0 saturated heterocycles. The number of H-pyrrole nitrogens is 2. The average Bonchev–Trinajstić information content (AvgIpc) is 3.28. The van der Waals surface area contributed by atoms with Crippen LogP contribution < -0.4 is 5.32 Å². The molecule has 6 heteroatoms. The number of nitrogens with zero attached hydrogens (tertiary/aromatic N) is 2. The molecule has 0 atom stereocenters. The highest BCUT2D eigenvalue weighted by molar-refractivity contribution is 5.96. The second-order valence-electron chi connectivity index (χ2n) is 5.90. The molecule has 0 radical (unpaired) electrons. The molecule has 0 aliphatic carbocycles. The molecule has 0 spiro atoms. The summed E-state index contributed by atoms with van der Waals surface area (Å²) in [5.74, 6) is -0.125. The number of aromatic amines is 2. The fourth-order valence-corrected chi connectivity index (χ4v) is 2.83. The summed E-state index contributed by atoms with van der Waals surface area (Å²) >= 11 is 0. The van der Waals surface area contributed by atoms with Gasteiger partial charge in [-0.05, 0) is 37.3 Å². The largest absolute Gasteiger partial charge is 0.361 e. The van der Waals surface area contributed by atoms with Crippen molar-refractivity contribution in [1.82, 2.24) is 25.5 Å². The van der Waals surface area contributed by atoms with Crippen LogP contribution in [0.5, 0.6) is 0 Å². The van der Waals surface area contributed by atoms with Gasteiger partial charge in [-0.15, -0.1) is 0 Å². The third kappa shape index (κ3) is 3.01. The highest BCUT2D eigenvalue weighted by Gasteiger charge is 2.09. The molecule has 0 unspecified atom stereocenters. The van der Waals surface area contributed by atoms with Crippen LogP contribution >= 0.6 is 0 Å². The Labute approximate surface area is 144 Å². The van der Waals surface area contributed by atoms with Crippen LogP contribution in [-0.4, -0.2) is 26.1 Å². The van der Waals surface area contributed by atoms with Crippen LogP contribution in [0.2, 0.25) is 0 Å². The number of aromatic nitrogens is 4. The molecule has 0 aliphatic heterocycles. The number of hydrogen-bond acceptors (Lipinski definition) is 3. The highest BCUT2D eigenvalue weighted by atomic mass is 16.1. The van der Waals surface area contributed by atoms with Gasteiger partial charge >= 0.3 is 0 Å². The predicted molar refractivity (Wildman–Crippen MR) is 96.0 cm³/mol. The summed E-state index contributed by atoms with van der Waals surface area (Å²) in [6.07, 6.45) is 3.68. The zero-order valence-electron chi connectivity index (χ0n) is 13.7. The number of fused-ring (bicyclic) bond motifs is 1. The van der Waals surface area contributed by atoms with Crippen LogP contribution in [0.25, 0.3) is 22.2 Å². The van der Waals surface area contributed by atoms with Gasteiger partial charge in [-0.3, -0.25) is 14.9 Å². The zero-order valence-corrected chi connectivity index (χ0v) is 13.7. The number of nitrogens with one attached hydrogen (secondary N) is 3. The second-order valence-corrected chi connectivity index (χ2v) is 5.90. The van der Waals surface area contributed by atoms with Crippen molar-refractivity contribution in [2.75, 3.05) is 0 Å². The number of carbonyl (C=O) groups is 1. The lowest BCUT2D eigenvalue weighted by molar-refractivity contribution is 0.0950. The number of carbonyl (C=O) groups excluding carboxylic acids is 1. The summed E-state index contributed by atoms with van der Waals surface area (Å²) < 4.78 is 0. The maximum atomic E-state index is 12.3. The standard InChI is InChI=1S/C19H17N5O/c1-12-10-15(24-23-12)11-22-19(25)14-4-2-13(3-5-14)18-16-6-8-20-17(16)7-9-21-18/h2-10,20H,11H2,1H3,(H,22,25)(H,23,24). The van der Waals surface area contributed by atoms with Gasteiger partial charge in [0, 0.05) is 40.1 Å². The van der Waals surface area contributed by atoms with E-state index in [0.29, 0.717) is 12.1 Å². The topological polar surface area (TPSA) is 86.5 Å². The van der Waals surface area contributed by atoms with Gasteiger partial charge in [-0.2, -0.15) is 5.10 Å². The van der Waals surface area contributed by atoms with E-state index in [9.17, 15) is 4.79 Å². The van der Waals surface area contributed by atoms with Gasteiger partial charge in [0.1, 0.15) is 0 Å². The van der Waals surface area contributed by atoms with Gasteiger partial charge in [-0.25, -0.2) is 0 Å². The summed E-state index contributed by atoms with van der Waals surface area (Å²) in [5, 5.41) is 10.9. The Morgan fingerprint density at radius 1 is 1.16 bits per heavy atom. The van der Waals surface area contributed by atoms with Crippen molar-refractivity contribution in [2.45, 2.75) is 13.5 Å². The molecule has 6 nitrogen and oxygen atoms in total. The molecule has 25 heavy (non-hydrogen) atoms. The SMILES string of the molecule is Cc1cc(CNC(=O)c2ccc(-c3nccc4[nH]ccc34)cc2)n[nH]1.